The summed E-state index contributed by atoms with van der Waals surface area (Å²) in [6, 6.07) is 0.638. The third-order valence-corrected chi connectivity index (χ3v) is 2.78. The fraction of sp³-hybridized carbons (Fsp3) is 1.00. The van der Waals surface area contributed by atoms with Crippen LogP contribution in [-0.2, 0) is 4.74 Å². The number of hydrogen-bond donors (Lipinski definition) is 1. The molecule has 2 rings (SSSR count). The molecule has 1 aliphatic heterocycles. The lowest BCUT2D eigenvalue weighted by atomic mass is 9.85. The standard InChI is InChI=1S/C9H17NO/c1-7-6-8(2)11-9(10-7)4-3-5-9/h7-8,10H,3-6H2,1-2H3. The fourth-order valence-corrected chi connectivity index (χ4v) is 2.23. The molecule has 0 aromatic rings. The zero-order valence-corrected chi connectivity index (χ0v) is 7.39. The second-order valence-corrected chi connectivity index (χ2v) is 4.06. The molecule has 1 N–H and O–H groups in total. The zero-order chi connectivity index (χ0) is 7.90. The van der Waals surface area contributed by atoms with E-state index >= 15 is 0 Å². The highest BCUT2D eigenvalue weighted by Crippen LogP contribution is 2.37. The van der Waals surface area contributed by atoms with E-state index < -0.39 is 0 Å². The van der Waals surface area contributed by atoms with Crippen molar-refractivity contribution >= 4 is 0 Å². The van der Waals surface area contributed by atoms with Crippen molar-refractivity contribution in [2.75, 3.05) is 0 Å². The first-order valence-corrected chi connectivity index (χ1v) is 4.66. The van der Waals surface area contributed by atoms with Crippen molar-refractivity contribution in [3.8, 4) is 0 Å². The lowest BCUT2D eigenvalue weighted by Crippen LogP contribution is -2.61. The number of hydrogen-bond acceptors (Lipinski definition) is 2. The van der Waals surface area contributed by atoms with Crippen molar-refractivity contribution in [1.82, 2.24) is 5.32 Å². The summed E-state index contributed by atoms with van der Waals surface area (Å²) in [5.74, 6) is 0. The van der Waals surface area contributed by atoms with Crippen molar-refractivity contribution in [2.24, 2.45) is 0 Å². The molecule has 64 valence electrons. The molecule has 1 heterocycles. The molecule has 2 atom stereocenters. The van der Waals surface area contributed by atoms with Crippen LogP contribution < -0.4 is 5.32 Å². The maximum Gasteiger partial charge on any atom is 0.119 e. The van der Waals surface area contributed by atoms with Crippen LogP contribution in [0.15, 0.2) is 0 Å². The van der Waals surface area contributed by atoms with Gasteiger partial charge in [-0.15, -0.1) is 0 Å². The van der Waals surface area contributed by atoms with E-state index in [1.807, 2.05) is 0 Å². The minimum absolute atomic E-state index is 0.0943. The quantitative estimate of drug-likeness (QED) is 0.574. The van der Waals surface area contributed by atoms with E-state index in [9.17, 15) is 0 Å². The summed E-state index contributed by atoms with van der Waals surface area (Å²) in [4.78, 5) is 0. The third kappa shape index (κ3) is 1.30. The molecule has 1 aliphatic carbocycles. The Morgan fingerprint density at radius 1 is 1.36 bits per heavy atom. The predicted molar refractivity (Wildman–Crippen MR) is 44.3 cm³/mol. The average molecular weight is 155 g/mol. The van der Waals surface area contributed by atoms with E-state index in [2.05, 4.69) is 19.2 Å². The first-order chi connectivity index (χ1) is 5.20. The summed E-state index contributed by atoms with van der Waals surface area (Å²) in [5.41, 5.74) is 0.0943. The van der Waals surface area contributed by atoms with Crippen molar-refractivity contribution in [3.05, 3.63) is 0 Å². The average Bonchev–Trinajstić information content (AvgIpc) is 1.82. The van der Waals surface area contributed by atoms with Gasteiger partial charge in [-0.3, -0.25) is 5.32 Å². The Balaban J connectivity index is 2.00. The molecule has 1 spiro atoms. The van der Waals surface area contributed by atoms with Gasteiger partial charge in [-0.25, -0.2) is 0 Å². The molecule has 2 heteroatoms. The molecule has 0 amide bonds. The fourth-order valence-electron chi connectivity index (χ4n) is 2.23. The van der Waals surface area contributed by atoms with Crippen molar-refractivity contribution < 1.29 is 4.74 Å². The monoisotopic (exact) mass is 155 g/mol. The molecule has 0 aromatic carbocycles. The van der Waals surface area contributed by atoms with Gasteiger partial charge in [-0.1, -0.05) is 0 Å². The lowest BCUT2D eigenvalue weighted by Gasteiger charge is -2.49. The Bertz CT molecular complexity index is 142. The Morgan fingerprint density at radius 2 is 2.09 bits per heavy atom. The minimum atomic E-state index is 0.0943. The zero-order valence-electron chi connectivity index (χ0n) is 7.39. The topological polar surface area (TPSA) is 21.3 Å². The first-order valence-electron chi connectivity index (χ1n) is 4.66. The van der Waals surface area contributed by atoms with Gasteiger partial charge in [-0.2, -0.15) is 0 Å². The summed E-state index contributed by atoms with van der Waals surface area (Å²) in [7, 11) is 0. The summed E-state index contributed by atoms with van der Waals surface area (Å²) >= 11 is 0. The molecule has 0 radical (unpaired) electrons. The molecule has 0 aromatic heterocycles. The lowest BCUT2D eigenvalue weighted by molar-refractivity contribution is -0.187. The van der Waals surface area contributed by atoms with E-state index in [4.69, 9.17) is 4.74 Å². The van der Waals surface area contributed by atoms with E-state index in [-0.39, 0.29) is 5.72 Å². The second-order valence-electron chi connectivity index (χ2n) is 4.06. The Kier molecular flexibility index (Phi) is 1.69. The van der Waals surface area contributed by atoms with Crippen molar-refractivity contribution in [3.63, 3.8) is 0 Å². The third-order valence-electron chi connectivity index (χ3n) is 2.78. The highest BCUT2D eigenvalue weighted by molar-refractivity contribution is 4.93. The SMILES string of the molecule is CC1CC(C)OC2(CCC2)N1. The molecule has 2 nitrogen and oxygen atoms in total. The molecule has 2 unspecified atom stereocenters. The van der Waals surface area contributed by atoms with Gasteiger partial charge in [0.05, 0.1) is 6.10 Å². The summed E-state index contributed by atoms with van der Waals surface area (Å²) < 4.78 is 5.87. The summed E-state index contributed by atoms with van der Waals surface area (Å²) in [6.07, 6.45) is 5.35. The van der Waals surface area contributed by atoms with Crippen LogP contribution in [0.4, 0.5) is 0 Å². The first kappa shape index (κ1) is 7.56. The van der Waals surface area contributed by atoms with Crippen LogP contribution in [-0.4, -0.2) is 17.9 Å². The number of ether oxygens (including phenoxy) is 1. The van der Waals surface area contributed by atoms with Crippen LogP contribution in [0.25, 0.3) is 0 Å². The molecule has 2 fully saturated rings. The maximum atomic E-state index is 5.87. The highest BCUT2D eigenvalue weighted by atomic mass is 16.5. The molecular weight excluding hydrogens is 138 g/mol. The highest BCUT2D eigenvalue weighted by Gasteiger charge is 2.43. The van der Waals surface area contributed by atoms with Gasteiger partial charge >= 0.3 is 0 Å². The van der Waals surface area contributed by atoms with E-state index in [0.717, 1.165) is 6.42 Å². The van der Waals surface area contributed by atoms with E-state index in [1.165, 1.54) is 19.3 Å². The smallest absolute Gasteiger partial charge is 0.119 e. The van der Waals surface area contributed by atoms with Crippen LogP contribution in [0.5, 0.6) is 0 Å². The van der Waals surface area contributed by atoms with Crippen molar-refractivity contribution in [2.45, 2.75) is 57.4 Å². The van der Waals surface area contributed by atoms with Crippen LogP contribution >= 0.6 is 0 Å². The molecule has 0 bridgehead atoms. The van der Waals surface area contributed by atoms with Gasteiger partial charge in [0.1, 0.15) is 5.72 Å². The van der Waals surface area contributed by atoms with Gasteiger partial charge in [0.2, 0.25) is 0 Å². The largest absolute Gasteiger partial charge is 0.358 e. The van der Waals surface area contributed by atoms with Gasteiger partial charge in [-0.05, 0) is 39.5 Å². The maximum absolute atomic E-state index is 5.87. The van der Waals surface area contributed by atoms with Gasteiger partial charge in [0, 0.05) is 6.04 Å². The Morgan fingerprint density at radius 3 is 2.55 bits per heavy atom. The minimum Gasteiger partial charge on any atom is -0.358 e. The normalized spacial score (nSPS) is 42.0. The molecule has 11 heavy (non-hydrogen) atoms. The molecule has 2 aliphatic rings. The van der Waals surface area contributed by atoms with Crippen molar-refractivity contribution in [1.29, 1.82) is 0 Å². The van der Waals surface area contributed by atoms with Crippen LogP contribution in [0.2, 0.25) is 0 Å². The number of nitrogens with one attached hydrogen (secondary N) is 1. The summed E-state index contributed by atoms with van der Waals surface area (Å²) in [5, 5.41) is 3.54. The van der Waals surface area contributed by atoms with Crippen LogP contribution in [0, 0.1) is 0 Å². The van der Waals surface area contributed by atoms with E-state index in [0.29, 0.717) is 12.1 Å². The van der Waals surface area contributed by atoms with E-state index in [1.54, 1.807) is 0 Å². The van der Waals surface area contributed by atoms with Crippen LogP contribution in [0.1, 0.15) is 39.5 Å². The summed E-state index contributed by atoms with van der Waals surface area (Å²) in [6.45, 7) is 4.43. The van der Waals surface area contributed by atoms with Gasteiger partial charge in [0.15, 0.2) is 0 Å². The van der Waals surface area contributed by atoms with Crippen LogP contribution in [0.3, 0.4) is 0 Å². The second kappa shape index (κ2) is 2.46. The van der Waals surface area contributed by atoms with Gasteiger partial charge < -0.3 is 4.74 Å². The Hall–Kier alpha value is -0.0800. The molecule has 1 saturated carbocycles. The molecule has 1 saturated heterocycles. The predicted octanol–water partition coefficient (Wildman–Crippen LogP) is 1.65. The number of rotatable bonds is 0. The Labute approximate surface area is 68.3 Å². The van der Waals surface area contributed by atoms with Gasteiger partial charge in [0.25, 0.3) is 0 Å². The molecular formula is C9H17NO.